The predicted octanol–water partition coefficient (Wildman–Crippen LogP) is 5.03. The predicted molar refractivity (Wildman–Crippen MR) is 73.6 cm³/mol. The van der Waals surface area contributed by atoms with Gasteiger partial charge in [-0.2, -0.15) is 10.5 Å². The van der Waals surface area contributed by atoms with Crippen molar-refractivity contribution < 1.29 is 26.3 Å². The second kappa shape index (κ2) is 6.47. The third-order valence-electron chi connectivity index (χ3n) is 3.29. The van der Waals surface area contributed by atoms with E-state index in [0.29, 0.717) is 0 Å². The van der Waals surface area contributed by atoms with E-state index in [1.807, 2.05) is 0 Å². The molecule has 0 aliphatic carbocycles. The SMILES string of the molecule is [C-]#[N+]c1c(F)c(F)c(-c2c(F)c(F)c(C#N)c(C#N)c2F)c(F)c1[N+]#[C-]. The number of nitrogens with zero attached hydrogens (tertiary/aromatic N) is 4. The first-order valence-electron chi connectivity index (χ1n) is 6.23. The molecule has 0 saturated carbocycles. The summed E-state index contributed by atoms with van der Waals surface area (Å²) in [5, 5.41) is 17.5. The Labute approximate surface area is 141 Å². The molecule has 26 heavy (non-hydrogen) atoms. The van der Waals surface area contributed by atoms with Gasteiger partial charge in [-0.05, 0) is 0 Å². The van der Waals surface area contributed by atoms with Crippen LogP contribution in [0.25, 0.3) is 20.8 Å². The zero-order valence-corrected chi connectivity index (χ0v) is 12.1. The van der Waals surface area contributed by atoms with E-state index < -0.39 is 68.5 Å². The van der Waals surface area contributed by atoms with Crippen LogP contribution >= 0.6 is 0 Å². The van der Waals surface area contributed by atoms with Crippen LogP contribution < -0.4 is 0 Å². The van der Waals surface area contributed by atoms with E-state index in [2.05, 4.69) is 9.69 Å². The van der Waals surface area contributed by atoms with Gasteiger partial charge in [-0.3, -0.25) is 0 Å². The van der Waals surface area contributed by atoms with Crippen LogP contribution in [0.5, 0.6) is 0 Å². The van der Waals surface area contributed by atoms with Gasteiger partial charge in [0.05, 0.1) is 18.7 Å². The highest BCUT2D eigenvalue weighted by Crippen LogP contribution is 2.44. The second-order valence-electron chi connectivity index (χ2n) is 4.53. The molecule has 0 aliphatic heterocycles. The number of hydrogen-bond donors (Lipinski definition) is 0. The van der Waals surface area contributed by atoms with Crippen molar-refractivity contribution in [1.82, 2.24) is 0 Å². The molecule has 0 aromatic heterocycles. The summed E-state index contributed by atoms with van der Waals surface area (Å²) in [5.41, 5.74) is -9.08. The molecule has 2 aromatic carbocycles. The number of benzene rings is 2. The van der Waals surface area contributed by atoms with Crippen molar-refractivity contribution in [3.05, 3.63) is 68.9 Å². The van der Waals surface area contributed by atoms with Crippen molar-refractivity contribution in [3.8, 4) is 23.3 Å². The second-order valence-corrected chi connectivity index (χ2v) is 4.53. The summed E-state index contributed by atoms with van der Waals surface area (Å²) >= 11 is 0. The molecule has 0 bridgehead atoms. The van der Waals surface area contributed by atoms with Crippen molar-refractivity contribution in [2.45, 2.75) is 0 Å². The van der Waals surface area contributed by atoms with E-state index in [4.69, 9.17) is 23.7 Å². The van der Waals surface area contributed by atoms with Gasteiger partial charge in [0.15, 0.2) is 29.1 Å². The van der Waals surface area contributed by atoms with E-state index in [1.165, 1.54) is 0 Å². The molecule has 0 atom stereocenters. The number of nitriles is 2. The normalized spacial score (nSPS) is 9.77. The molecular formula is C16F6N4. The highest BCUT2D eigenvalue weighted by atomic mass is 19.2. The lowest BCUT2D eigenvalue weighted by atomic mass is 9.95. The van der Waals surface area contributed by atoms with Crippen LogP contribution in [0.3, 0.4) is 0 Å². The zero-order valence-electron chi connectivity index (χ0n) is 12.1. The summed E-state index contributed by atoms with van der Waals surface area (Å²) in [5.74, 6) is -12.7. The topological polar surface area (TPSA) is 56.3 Å². The molecule has 0 amide bonds. The summed E-state index contributed by atoms with van der Waals surface area (Å²) in [6.45, 7) is 13.4. The summed E-state index contributed by atoms with van der Waals surface area (Å²) < 4.78 is 84.9. The lowest BCUT2D eigenvalue weighted by Gasteiger charge is -2.13. The van der Waals surface area contributed by atoms with Gasteiger partial charge in [0.1, 0.15) is 29.1 Å². The monoisotopic (exact) mass is 362 g/mol. The average molecular weight is 362 g/mol. The number of halogens is 6. The maximum atomic E-state index is 14.4. The highest BCUT2D eigenvalue weighted by molar-refractivity contribution is 5.82. The van der Waals surface area contributed by atoms with Crippen molar-refractivity contribution in [3.63, 3.8) is 0 Å². The summed E-state index contributed by atoms with van der Waals surface area (Å²) in [7, 11) is 0. The maximum absolute atomic E-state index is 14.4. The fourth-order valence-corrected chi connectivity index (χ4v) is 2.15. The molecule has 0 fully saturated rings. The quantitative estimate of drug-likeness (QED) is 0.406. The first-order chi connectivity index (χ1) is 12.3. The minimum absolute atomic E-state index is 1.03. The molecule has 2 aromatic rings. The van der Waals surface area contributed by atoms with Crippen LogP contribution in [0.4, 0.5) is 37.7 Å². The van der Waals surface area contributed by atoms with Crippen LogP contribution in [-0.2, 0) is 0 Å². The molecular weight excluding hydrogens is 362 g/mol. The Morgan fingerprint density at radius 2 is 0.962 bits per heavy atom. The van der Waals surface area contributed by atoms with Crippen molar-refractivity contribution >= 4 is 11.4 Å². The largest absolute Gasteiger partial charge is 0.247 e. The fourth-order valence-electron chi connectivity index (χ4n) is 2.15. The van der Waals surface area contributed by atoms with E-state index in [9.17, 15) is 26.3 Å². The Morgan fingerprint density at radius 3 is 1.42 bits per heavy atom. The lowest BCUT2D eigenvalue weighted by molar-refractivity contribution is 0.483. The van der Waals surface area contributed by atoms with Crippen molar-refractivity contribution in [2.24, 2.45) is 0 Å². The van der Waals surface area contributed by atoms with Crippen LogP contribution in [0, 0.1) is 70.7 Å². The molecule has 2 rings (SSSR count). The van der Waals surface area contributed by atoms with Gasteiger partial charge >= 0.3 is 0 Å². The number of hydrogen-bond acceptors (Lipinski definition) is 2. The van der Waals surface area contributed by atoms with Crippen LogP contribution in [0.1, 0.15) is 11.1 Å². The first-order valence-corrected chi connectivity index (χ1v) is 6.23. The lowest BCUT2D eigenvalue weighted by Crippen LogP contribution is -2.07. The summed E-state index contributed by atoms with van der Waals surface area (Å²) in [4.78, 5) is 4.93. The van der Waals surface area contributed by atoms with E-state index in [0.717, 1.165) is 12.1 Å². The Hall–Kier alpha value is -4.02. The molecule has 0 unspecified atom stereocenters. The third kappa shape index (κ3) is 2.30. The molecule has 0 spiro atoms. The zero-order chi connectivity index (χ0) is 19.8. The van der Waals surface area contributed by atoms with E-state index in [1.54, 1.807) is 0 Å². The molecule has 0 N–H and O–H groups in total. The van der Waals surface area contributed by atoms with E-state index >= 15 is 0 Å². The smallest absolute Gasteiger partial charge is 0.235 e. The summed E-state index contributed by atoms with van der Waals surface area (Å²) in [6.07, 6.45) is 0. The van der Waals surface area contributed by atoms with Gasteiger partial charge in [0.25, 0.3) is 0 Å². The molecule has 126 valence electrons. The van der Waals surface area contributed by atoms with Gasteiger partial charge in [-0.15, -0.1) is 0 Å². The Balaban J connectivity index is 3.16. The molecule has 0 radical (unpaired) electrons. The van der Waals surface area contributed by atoms with Crippen molar-refractivity contribution in [2.75, 3.05) is 0 Å². The van der Waals surface area contributed by atoms with Crippen LogP contribution in [-0.4, -0.2) is 0 Å². The van der Waals surface area contributed by atoms with Gasteiger partial charge in [-0.25, -0.2) is 36.0 Å². The van der Waals surface area contributed by atoms with E-state index in [-0.39, 0.29) is 0 Å². The molecule has 0 aliphatic rings. The third-order valence-corrected chi connectivity index (χ3v) is 3.29. The highest BCUT2D eigenvalue weighted by Gasteiger charge is 2.33. The van der Waals surface area contributed by atoms with Crippen LogP contribution in [0.15, 0.2) is 0 Å². The Kier molecular flexibility index (Phi) is 4.56. The molecule has 0 heterocycles. The minimum Gasteiger partial charge on any atom is -0.247 e. The molecule has 0 saturated heterocycles. The van der Waals surface area contributed by atoms with Gasteiger partial charge in [0.2, 0.25) is 11.4 Å². The fraction of sp³-hybridized carbons (Fsp3) is 0. The van der Waals surface area contributed by atoms with Crippen LogP contribution in [0.2, 0.25) is 0 Å². The molecule has 4 nitrogen and oxygen atoms in total. The van der Waals surface area contributed by atoms with Gasteiger partial charge in [-0.1, -0.05) is 0 Å². The minimum atomic E-state index is -2.26. The number of rotatable bonds is 1. The molecule has 10 heteroatoms. The van der Waals surface area contributed by atoms with Gasteiger partial charge in [0, 0.05) is 5.56 Å². The Morgan fingerprint density at radius 1 is 0.577 bits per heavy atom. The Bertz CT molecular complexity index is 1050. The van der Waals surface area contributed by atoms with Gasteiger partial charge < -0.3 is 0 Å². The average Bonchev–Trinajstić information content (AvgIpc) is 2.63. The standard InChI is InChI=1S/C16F6N4/c1-25-15-13(21)8(12(20)14(22)16(15)26-2)7-9(17)5(3-23)6(4-24)10(18)11(7)19. The first kappa shape index (κ1) is 18.3. The van der Waals surface area contributed by atoms with Crippen molar-refractivity contribution in [1.29, 1.82) is 10.5 Å². The summed E-state index contributed by atoms with van der Waals surface area (Å²) in [6, 6.07) is 2.08. The maximum Gasteiger partial charge on any atom is 0.235 e.